The third kappa shape index (κ3) is 7.65. The first-order valence-electron chi connectivity index (χ1n) is 13.4. The molecule has 4 rings (SSSR count). The van der Waals surface area contributed by atoms with Crippen molar-refractivity contribution in [3.05, 3.63) is 95.8 Å². The Kier molecular flexibility index (Phi) is 9.49. The number of piperidine rings is 1. The Bertz CT molecular complexity index is 1210. The van der Waals surface area contributed by atoms with Crippen LogP contribution in [0.1, 0.15) is 56.2 Å². The molecule has 3 aromatic carbocycles. The lowest BCUT2D eigenvalue weighted by Gasteiger charge is -2.33. The average molecular weight is 517 g/mol. The molecule has 38 heavy (non-hydrogen) atoms. The van der Waals surface area contributed by atoms with Crippen LogP contribution < -0.4 is 16.0 Å². The first-order valence-corrected chi connectivity index (χ1v) is 13.4. The lowest BCUT2D eigenvalue weighted by Crippen LogP contribution is -2.38. The van der Waals surface area contributed by atoms with Crippen molar-refractivity contribution in [3.8, 4) is 0 Å². The van der Waals surface area contributed by atoms with E-state index < -0.39 is 11.8 Å². The van der Waals surface area contributed by atoms with Crippen molar-refractivity contribution in [1.29, 1.82) is 0 Å². The number of hydrogen-bond donors (Lipinski definition) is 3. The summed E-state index contributed by atoms with van der Waals surface area (Å²) < 4.78 is 14.0. The van der Waals surface area contributed by atoms with Crippen molar-refractivity contribution >= 4 is 23.3 Å². The van der Waals surface area contributed by atoms with E-state index in [-0.39, 0.29) is 23.6 Å². The number of hydrogen-bond acceptors (Lipinski definition) is 3. The predicted molar refractivity (Wildman–Crippen MR) is 151 cm³/mol. The van der Waals surface area contributed by atoms with Crippen LogP contribution in [0.2, 0.25) is 0 Å². The number of halogens is 1. The van der Waals surface area contributed by atoms with Crippen LogP contribution >= 0.6 is 0 Å². The van der Waals surface area contributed by atoms with Gasteiger partial charge in [0.25, 0.3) is 0 Å². The van der Waals surface area contributed by atoms with Crippen molar-refractivity contribution in [1.82, 2.24) is 10.2 Å². The van der Waals surface area contributed by atoms with Gasteiger partial charge in [-0.3, -0.25) is 4.79 Å². The molecule has 0 unspecified atom stereocenters. The first-order chi connectivity index (χ1) is 18.4. The van der Waals surface area contributed by atoms with E-state index in [4.69, 9.17) is 0 Å². The number of amides is 3. The maximum absolute atomic E-state index is 14.0. The van der Waals surface area contributed by atoms with Crippen LogP contribution in [0.15, 0.2) is 78.9 Å². The van der Waals surface area contributed by atoms with Gasteiger partial charge >= 0.3 is 6.03 Å². The molecule has 1 aliphatic rings. The van der Waals surface area contributed by atoms with Gasteiger partial charge in [0.1, 0.15) is 5.82 Å². The van der Waals surface area contributed by atoms with Crippen LogP contribution in [0.3, 0.4) is 0 Å². The van der Waals surface area contributed by atoms with Gasteiger partial charge in [-0.25, -0.2) is 9.18 Å². The van der Waals surface area contributed by atoms with Crippen molar-refractivity contribution in [2.45, 2.75) is 45.1 Å². The number of nitrogens with zero attached hydrogens (tertiary/aromatic N) is 1. The van der Waals surface area contributed by atoms with E-state index >= 15 is 0 Å². The van der Waals surface area contributed by atoms with Gasteiger partial charge < -0.3 is 20.9 Å². The minimum Gasteiger partial charge on any atom is -0.331 e. The summed E-state index contributed by atoms with van der Waals surface area (Å²) in [5.74, 6) is -0.0332. The van der Waals surface area contributed by atoms with Gasteiger partial charge in [-0.15, -0.1) is 0 Å². The highest BCUT2D eigenvalue weighted by molar-refractivity contribution is 5.92. The Morgan fingerprint density at radius 1 is 0.921 bits per heavy atom. The third-order valence-electron chi connectivity index (χ3n) is 7.10. The number of anilines is 2. The van der Waals surface area contributed by atoms with E-state index in [2.05, 4.69) is 33.0 Å². The van der Waals surface area contributed by atoms with Gasteiger partial charge in [-0.2, -0.15) is 0 Å². The second-order valence-corrected chi connectivity index (χ2v) is 10.2. The average Bonchev–Trinajstić information content (AvgIpc) is 2.93. The standard InChI is InChI=1S/C31H37FN4O2/c1-22(2)30(37)33-26-12-8-11-25(21-26)23-15-18-36(19-16-23)20-17-28(24-9-4-3-5-10-24)34-31(38)35-29-14-7-6-13-27(29)32/h3-14,21-23,28H,15-20H2,1-2H3,(H,33,37)(H2,34,35,38)/t28-/m0/s1. The lowest BCUT2D eigenvalue weighted by atomic mass is 9.89. The second-order valence-electron chi connectivity index (χ2n) is 10.2. The molecule has 1 fully saturated rings. The van der Waals surface area contributed by atoms with Crippen molar-refractivity contribution in [2.24, 2.45) is 5.92 Å². The molecule has 3 amide bonds. The summed E-state index contributed by atoms with van der Waals surface area (Å²) in [6, 6.07) is 23.6. The Labute approximate surface area is 224 Å². The zero-order valence-electron chi connectivity index (χ0n) is 22.1. The molecule has 0 aromatic heterocycles. The normalized spacial score (nSPS) is 15.2. The van der Waals surface area contributed by atoms with Gasteiger partial charge in [0.15, 0.2) is 0 Å². The summed E-state index contributed by atoms with van der Waals surface area (Å²) in [7, 11) is 0. The Balaban J connectivity index is 1.32. The highest BCUT2D eigenvalue weighted by Gasteiger charge is 2.23. The Hall–Kier alpha value is -3.71. The molecule has 0 radical (unpaired) electrons. The smallest absolute Gasteiger partial charge is 0.319 e. The predicted octanol–water partition coefficient (Wildman–Crippen LogP) is 6.55. The first kappa shape index (κ1) is 27.3. The van der Waals surface area contributed by atoms with Crippen molar-refractivity contribution < 1.29 is 14.0 Å². The van der Waals surface area contributed by atoms with Gasteiger partial charge in [-0.1, -0.05) is 68.4 Å². The number of likely N-dealkylation sites (tertiary alicyclic amines) is 1. The molecular formula is C31H37FN4O2. The summed E-state index contributed by atoms with van der Waals surface area (Å²) >= 11 is 0. The molecule has 0 spiro atoms. The van der Waals surface area contributed by atoms with E-state index in [1.165, 1.54) is 11.6 Å². The quantitative estimate of drug-likeness (QED) is 0.302. The summed E-state index contributed by atoms with van der Waals surface area (Å²) in [5.41, 5.74) is 3.30. The lowest BCUT2D eigenvalue weighted by molar-refractivity contribution is -0.118. The largest absolute Gasteiger partial charge is 0.331 e. The Morgan fingerprint density at radius 3 is 2.34 bits per heavy atom. The fourth-order valence-corrected chi connectivity index (χ4v) is 4.85. The second kappa shape index (κ2) is 13.2. The fraction of sp³-hybridized carbons (Fsp3) is 0.355. The monoisotopic (exact) mass is 516 g/mol. The molecule has 3 aromatic rings. The van der Waals surface area contributed by atoms with Crippen molar-refractivity contribution in [2.75, 3.05) is 30.3 Å². The summed E-state index contributed by atoms with van der Waals surface area (Å²) in [6.07, 6.45) is 2.83. The maximum Gasteiger partial charge on any atom is 0.319 e. The molecule has 0 bridgehead atoms. The van der Waals surface area contributed by atoms with Crippen LogP contribution in [0.4, 0.5) is 20.6 Å². The van der Waals surface area contributed by atoms with Crippen LogP contribution in [-0.2, 0) is 4.79 Å². The van der Waals surface area contributed by atoms with Gasteiger partial charge in [-0.05, 0) is 73.7 Å². The number of urea groups is 1. The van der Waals surface area contributed by atoms with E-state index in [1.807, 2.05) is 56.3 Å². The van der Waals surface area contributed by atoms with E-state index in [0.29, 0.717) is 5.92 Å². The molecular weight excluding hydrogens is 479 g/mol. The zero-order chi connectivity index (χ0) is 26.9. The molecule has 0 saturated carbocycles. The number of benzene rings is 3. The molecule has 1 aliphatic heterocycles. The minimum absolute atomic E-state index is 0.0288. The topological polar surface area (TPSA) is 73.5 Å². The molecule has 6 nitrogen and oxygen atoms in total. The van der Waals surface area contributed by atoms with Crippen molar-refractivity contribution in [3.63, 3.8) is 0 Å². The SMILES string of the molecule is CC(C)C(=O)Nc1cccc(C2CCN(CC[C@H](NC(=O)Nc3ccccc3F)c3ccccc3)CC2)c1. The van der Waals surface area contributed by atoms with Crippen LogP contribution in [0, 0.1) is 11.7 Å². The third-order valence-corrected chi connectivity index (χ3v) is 7.10. The summed E-state index contributed by atoms with van der Waals surface area (Å²) in [4.78, 5) is 27.2. The number of rotatable bonds is 9. The van der Waals surface area contributed by atoms with Crippen LogP contribution in [-0.4, -0.2) is 36.5 Å². The molecule has 200 valence electrons. The number of para-hydroxylation sites is 1. The number of nitrogens with one attached hydrogen (secondary N) is 3. The van der Waals surface area contributed by atoms with E-state index in [1.54, 1.807) is 18.2 Å². The van der Waals surface area contributed by atoms with Gasteiger partial charge in [0.2, 0.25) is 5.91 Å². The van der Waals surface area contributed by atoms with Gasteiger partial charge in [0, 0.05) is 18.2 Å². The fourth-order valence-electron chi connectivity index (χ4n) is 4.85. The van der Waals surface area contributed by atoms with Crippen LogP contribution in [0.25, 0.3) is 0 Å². The Morgan fingerprint density at radius 2 is 1.63 bits per heavy atom. The highest BCUT2D eigenvalue weighted by atomic mass is 19.1. The molecule has 0 aliphatic carbocycles. The molecule has 1 atom stereocenters. The molecule has 1 saturated heterocycles. The highest BCUT2D eigenvalue weighted by Crippen LogP contribution is 2.30. The van der Waals surface area contributed by atoms with Gasteiger partial charge in [0.05, 0.1) is 11.7 Å². The number of carbonyl (C=O) groups excluding carboxylic acids is 2. The van der Waals surface area contributed by atoms with E-state index in [0.717, 1.165) is 50.1 Å². The molecule has 1 heterocycles. The van der Waals surface area contributed by atoms with Crippen LogP contribution in [0.5, 0.6) is 0 Å². The minimum atomic E-state index is -0.463. The summed E-state index contributed by atoms with van der Waals surface area (Å²) in [6.45, 7) is 6.56. The molecule has 3 N–H and O–H groups in total. The maximum atomic E-state index is 14.0. The zero-order valence-corrected chi connectivity index (χ0v) is 22.1. The molecule has 7 heteroatoms. The number of carbonyl (C=O) groups is 2. The summed E-state index contributed by atoms with van der Waals surface area (Å²) in [5, 5.41) is 8.67. The van der Waals surface area contributed by atoms with E-state index in [9.17, 15) is 14.0 Å².